The molecule has 0 amide bonds. The van der Waals surface area contributed by atoms with Crippen molar-refractivity contribution < 1.29 is 33.3 Å². The van der Waals surface area contributed by atoms with Crippen molar-refractivity contribution in [2.24, 2.45) is 29.4 Å². The third-order valence-electron chi connectivity index (χ3n) is 8.37. The van der Waals surface area contributed by atoms with Crippen LogP contribution in [0.2, 0.25) is 0 Å². The molecule has 0 saturated heterocycles. The number of methoxy groups -OCH3 is 1. The van der Waals surface area contributed by atoms with Gasteiger partial charge in [0.2, 0.25) is 0 Å². The number of esters is 3. The number of nitrogens with zero attached hydrogens (tertiary/aromatic N) is 1. The number of fused-ring (bicyclic) bond motifs is 1. The predicted octanol–water partition coefficient (Wildman–Crippen LogP) is 6.34. The Morgan fingerprint density at radius 2 is 1.48 bits per heavy atom. The molecular formula is C31H40N2O7S2. The molecule has 1 aliphatic heterocycles. The van der Waals surface area contributed by atoms with Crippen LogP contribution in [0.4, 0.5) is 0 Å². The molecule has 0 bridgehead atoms. The number of nitrogens with two attached hydrogens (primary N) is 1. The zero-order valence-electron chi connectivity index (χ0n) is 24.5. The smallest absolute Gasteiger partial charge is 0.338 e. The summed E-state index contributed by atoms with van der Waals surface area (Å²) in [6.45, 7) is 12.5. The lowest BCUT2D eigenvalue weighted by atomic mass is 9.82. The fourth-order valence-electron chi connectivity index (χ4n) is 5.37. The van der Waals surface area contributed by atoms with Crippen LogP contribution in [0.5, 0.6) is 11.5 Å². The maximum Gasteiger partial charge on any atom is 0.338 e. The second-order valence-corrected chi connectivity index (χ2v) is 13.7. The van der Waals surface area contributed by atoms with E-state index >= 15 is 0 Å². The van der Waals surface area contributed by atoms with E-state index < -0.39 is 5.97 Å². The van der Waals surface area contributed by atoms with Crippen LogP contribution >= 0.6 is 23.5 Å². The number of benzene rings is 1. The highest BCUT2D eigenvalue weighted by molar-refractivity contribution is 8.24. The standard InChI is InChI=1S/C31H40N2O7S2/c1-18-5-9-21(10-6-18)28(34)39-23-13-14-24(40-29(35)22-11-7-20(17-32)8-12-22)27-26(23)41-31(42-27)25(33-3)30(36)38-16-15-19(2)37-4/h13-14,18-22H,5-12,15-17,32H2,1-2,4H3/b31-25+. The van der Waals surface area contributed by atoms with E-state index in [0.717, 1.165) is 74.9 Å². The molecule has 1 aromatic carbocycles. The van der Waals surface area contributed by atoms with E-state index in [1.54, 1.807) is 19.2 Å². The Morgan fingerprint density at radius 1 is 0.952 bits per heavy atom. The minimum Gasteiger partial charge on any atom is -0.470 e. The molecule has 2 N–H and O–H groups in total. The van der Waals surface area contributed by atoms with E-state index in [1.807, 2.05) is 6.92 Å². The van der Waals surface area contributed by atoms with Crippen LogP contribution in [-0.4, -0.2) is 44.3 Å². The summed E-state index contributed by atoms with van der Waals surface area (Å²) < 4.78 is 22.7. The van der Waals surface area contributed by atoms with Gasteiger partial charge in [-0.2, -0.15) is 0 Å². The maximum atomic E-state index is 13.1. The Balaban J connectivity index is 1.56. The fourth-order valence-corrected chi connectivity index (χ4v) is 7.92. The van der Waals surface area contributed by atoms with Gasteiger partial charge in [-0.25, -0.2) is 4.85 Å². The molecule has 228 valence electrons. The molecule has 2 saturated carbocycles. The van der Waals surface area contributed by atoms with Crippen LogP contribution in [0.1, 0.15) is 71.6 Å². The second kappa shape index (κ2) is 15.3. The van der Waals surface area contributed by atoms with Crippen molar-refractivity contribution in [3.05, 3.63) is 33.5 Å². The molecule has 0 radical (unpaired) electrons. The molecule has 2 aliphatic carbocycles. The Morgan fingerprint density at radius 3 is 1.95 bits per heavy atom. The van der Waals surface area contributed by atoms with Crippen molar-refractivity contribution in [1.29, 1.82) is 0 Å². The Kier molecular flexibility index (Phi) is 11.8. The lowest BCUT2D eigenvalue weighted by molar-refractivity contribution is -0.141. The Hall–Kier alpha value is -2.52. The van der Waals surface area contributed by atoms with E-state index in [2.05, 4.69) is 11.8 Å². The quantitative estimate of drug-likeness (QED) is 0.138. The van der Waals surface area contributed by atoms with Crippen molar-refractivity contribution in [3.8, 4) is 11.5 Å². The Bertz CT molecular complexity index is 1230. The molecule has 3 aliphatic rings. The topological polar surface area (TPSA) is 119 Å². The van der Waals surface area contributed by atoms with Crippen LogP contribution in [0.15, 0.2) is 31.9 Å². The van der Waals surface area contributed by atoms with Crippen LogP contribution in [0.25, 0.3) is 4.85 Å². The molecule has 11 heteroatoms. The highest BCUT2D eigenvalue weighted by Crippen LogP contribution is 2.59. The number of rotatable bonds is 10. The van der Waals surface area contributed by atoms with Crippen LogP contribution in [-0.2, 0) is 23.9 Å². The average Bonchev–Trinajstić information content (AvgIpc) is 3.44. The maximum absolute atomic E-state index is 13.1. The molecule has 9 nitrogen and oxygen atoms in total. The predicted molar refractivity (Wildman–Crippen MR) is 161 cm³/mol. The molecule has 0 aromatic heterocycles. The largest absolute Gasteiger partial charge is 0.470 e. The summed E-state index contributed by atoms with van der Waals surface area (Å²) in [5.41, 5.74) is 5.64. The van der Waals surface area contributed by atoms with Gasteiger partial charge in [0.15, 0.2) is 0 Å². The number of ether oxygens (including phenoxy) is 4. The highest BCUT2D eigenvalue weighted by Gasteiger charge is 2.35. The number of hydrogen-bond donors (Lipinski definition) is 1. The zero-order valence-corrected chi connectivity index (χ0v) is 26.2. The van der Waals surface area contributed by atoms with Gasteiger partial charge in [-0.15, -0.1) is 0 Å². The summed E-state index contributed by atoms with van der Waals surface area (Å²) >= 11 is 2.31. The van der Waals surface area contributed by atoms with Crippen molar-refractivity contribution >= 4 is 41.4 Å². The molecule has 1 unspecified atom stereocenters. The van der Waals surface area contributed by atoms with Gasteiger partial charge in [0.1, 0.15) is 11.5 Å². The molecular weight excluding hydrogens is 576 g/mol. The first kappa shape index (κ1) is 32.4. The Labute approximate surface area is 256 Å². The monoisotopic (exact) mass is 616 g/mol. The molecule has 42 heavy (non-hydrogen) atoms. The minimum absolute atomic E-state index is 0.0893. The van der Waals surface area contributed by atoms with E-state index in [4.69, 9.17) is 31.3 Å². The summed E-state index contributed by atoms with van der Waals surface area (Å²) in [6.07, 6.45) is 7.17. The third kappa shape index (κ3) is 8.10. The summed E-state index contributed by atoms with van der Waals surface area (Å²) in [5, 5.41) is 0. The number of carbonyl (C=O) groups excluding carboxylic acids is 3. The minimum atomic E-state index is -0.735. The zero-order chi connectivity index (χ0) is 30.2. The normalized spacial score (nSPS) is 25.5. The van der Waals surface area contributed by atoms with E-state index in [1.165, 1.54) is 0 Å². The highest BCUT2D eigenvalue weighted by atomic mass is 32.2. The van der Waals surface area contributed by atoms with E-state index in [9.17, 15) is 14.4 Å². The lowest BCUT2D eigenvalue weighted by Gasteiger charge is -2.26. The van der Waals surface area contributed by atoms with Gasteiger partial charge >= 0.3 is 17.9 Å². The van der Waals surface area contributed by atoms with Gasteiger partial charge in [-0.05, 0) is 88.8 Å². The van der Waals surface area contributed by atoms with Crippen LogP contribution < -0.4 is 15.2 Å². The third-order valence-corrected chi connectivity index (χ3v) is 11.0. The summed E-state index contributed by atoms with van der Waals surface area (Å²) in [4.78, 5) is 43.7. The SMILES string of the molecule is [C-]#[N+]/C(C(=O)OCCC(C)OC)=C1\Sc2c(OC(=O)C3CCC(C)CC3)ccc(OC(=O)C3CCC(CN)CC3)c2S1. The first-order chi connectivity index (χ1) is 20.2. The summed E-state index contributed by atoms with van der Waals surface area (Å²) in [6, 6.07) is 3.26. The first-order valence-corrected chi connectivity index (χ1v) is 16.3. The van der Waals surface area contributed by atoms with Crippen molar-refractivity contribution in [2.45, 2.75) is 87.5 Å². The molecule has 4 rings (SSSR count). The molecule has 0 spiro atoms. The molecule has 1 aromatic rings. The van der Waals surface area contributed by atoms with Gasteiger partial charge in [0.25, 0.3) is 5.70 Å². The van der Waals surface area contributed by atoms with E-state index in [0.29, 0.717) is 50.3 Å². The van der Waals surface area contributed by atoms with Crippen molar-refractivity contribution in [1.82, 2.24) is 0 Å². The number of carbonyl (C=O) groups is 3. The summed E-state index contributed by atoms with van der Waals surface area (Å²) in [5.74, 6) is -0.0362. The molecule has 2 fully saturated rings. The average molecular weight is 617 g/mol. The van der Waals surface area contributed by atoms with Gasteiger partial charge in [-0.1, -0.05) is 30.4 Å². The fraction of sp³-hybridized carbons (Fsp3) is 0.613. The first-order valence-electron chi connectivity index (χ1n) is 14.7. The number of thioether (sulfide) groups is 2. The summed E-state index contributed by atoms with van der Waals surface area (Å²) in [7, 11) is 1.58. The van der Waals surface area contributed by atoms with Gasteiger partial charge in [0.05, 0.1) is 45.1 Å². The van der Waals surface area contributed by atoms with Crippen molar-refractivity contribution in [2.75, 3.05) is 20.3 Å². The van der Waals surface area contributed by atoms with E-state index in [-0.39, 0.29) is 42.2 Å². The van der Waals surface area contributed by atoms with Gasteiger partial charge in [0, 0.05) is 13.5 Å². The number of hydrogen-bond acceptors (Lipinski definition) is 10. The van der Waals surface area contributed by atoms with Gasteiger partial charge in [-0.3, -0.25) is 14.4 Å². The second-order valence-electron chi connectivity index (χ2n) is 11.4. The van der Waals surface area contributed by atoms with Gasteiger partial charge < -0.3 is 24.7 Å². The van der Waals surface area contributed by atoms with Crippen molar-refractivity contribution in [3.63, 3.8) is 0 Å². The van der Waals surface area contributed by atoms with Crippen LogP contribution in [0.3, 0.4) is 0 Å². The molecule has 1 heterocycles. The molecule has 1 atom stereocenters. The lowest BCUT2D eigenvalue weighted by Crippen LogP contribution is -2.28. The van der Waals surface area contributed by atoms with Crippen LogP contribution in [0, 0.1) is 30.2 Å².